The highest BCUT2D eigenvalue weighted by atomic mass is 19.4. The van der Waals surface area contributed by atoms with E-state index < -0.39 is 11.7 Å². The Morgan fingerprint density at radius 3 is 2.70 bits per heavy atom. The molecule has 0 spiro atoms. The summed E-state index contributed by atoms with van der Waals surface area (Å²) in [7, 11) is 2.03. The van der Waals surface area contributed by atoms with Gasteiger partial charge in [0.05, 0.1) is 11.3 Å². The highest BCUT2D eigenvalue weighted by Gasteiger charge is 2.31. The van der Waals surface area contributed by atoms with Crippen LogP contribution in [0.5, 0.6) is 5.75 Å². The van der Waals surface area contributed by atoms with Gasteiger partial charge in [0.2, 0.25) is 0 Å². The number of nitrogens with zero attached hydrogens (tertiary/aromatic N) is 1. The Hall–Kier alpha value is -1.43. The number of rotatable bonds is 3. The molecule has 1 unspecified atom stereocenters. The topological polar surface area (TPSA) is 38.5 Å². The van der Waals surface area contributed by atoms with Gasteiger partial charge in [-0.25, -0.2) is 0 Å². The van der Waals surface area contributed by atoms with Crippen molar-refractivity contribution >= 4 is 5.69 Å². The molecule has 0 aliphatic carbocycles. The fraction of sp³-hybridized carbons (Fsp3) is 0.571. The van der Waals surface area contributed by atoms with Crippen LogP contribution in [0.2, 0.25) is 0 Å². The Kier molecular flexibility index (Phi) is 4.42. The van der Waals surface area contributed by atoms with Crippen LogP contribution in [-0.2, 0) is 6.18 Å². The minimum Gasteiger partial charge on any atom is -0.490 e. The molecule has 20 heavy (non-hydrogen) atoms. The smallest absolute Gasteiger partial charge is 0.416 e. The van der Waals surface area contributed by atoms with E-state index >= 15 is 0 Å². The third-order valence-corrected chi connectivity index (χ3v) is 3.69. The lowest BCUT2D eigenvalue weighted by Gasteiger charge is -2.32. The fourth-order valence-electron chi connectivity index (χ4n) is 2.40. The van der Waals surface area contributed by atoms with Crippen LogP contribution in [0, 0.1) is 0 Å². The van der Waals surface area contributed by atoms with Crippen molar-refractivity contribution in [1.29, 1.82) is 0 Å². The zero-order valence-electron chi connectivity index (χ0n) is 11.4. The molecule has 1 fully saturated rings. The summed E-state index contributed by atoms with van der Waals surface area (Å²) in [6, 6.07) is 3.50. The number of hydrogen-bond donors (Lipinski definition) is 1. The lowest BCUT2D eigenvalue weighted by Crippen LogP contribution is -2.40. The first-order valence-electron chi connectivity index (χ1n) is 6.67. The van der Waals surface area contributed by atoms with Crippen LogP contribution in [0.15, 0.2) is 18.2 Å². The van der Waals surface area contributed by atoms with Crippen molar-refractivity contribution in [3.63, 3.8) is 0 Å². The van der Waals surface area contributed by atoms with E-state index in [1.54, 1.807) is 0 Å². The van der Waals surface area contributed by atoms with Gasteiger partial charge in [0.1, 0.15) is 12.4 Å². The van der Waals surface area contributed by atoms with Gasteiger partial charge in [-0.15, -0.1) is 0 Å². The fourth-order valence-corrected chi connectivity index (χ4v) is 2.40. The third-order valence-electron chi connectivity index (χ3n) is 3.69. The molecular weight excluding hydrogens is 269 g/mol. The van der Waals surface area contributed by atoms with E-state index in [1.165, 1.54) is 12.5 Å². The van der Waals surface area contributed by atoms with Gasteiger partial charge in [0, 0.05) is 6.04 Å². The molecule has 0 saturated carbocycles. The van der Waals surface area contributed by atoms with Crippen LogP contribution >= 0.6 is 0 Å². The number of piperidine rings is 1. The molecule has 1 aliphatic heterocycles. The highest BCUT2D eigenvalue weighted by molar-refractivity contribution is 5.54. The number of benzene rings is 1. The van der Waals surface area contributed by atoms with Crippen LogP contribution in [0.4, 0.5) is 18.9 Å². The first kappa shape index (κ1) is 15.0. The molecule has 6 heteroatoms. The maximum atomic E-state index is 12.5. The van der Waals surface area contributed by atoms with Crippen LogP contribution in [0.1, 0.15) is 24.8 Å². The van der Waals surface area contributed by atoms with Crippen LogP contribution in [0.3, 0.4) is 0 Å². The molecule has 0 amide bonds. The van der Waals surface area contributed by atoms with Crippen molar-refractivity contribution in [3.05, 3.63) is 23.8 Å². The summed E-state index contributed by atoms with van der Waals surface area (Å²) in [5, 5.41) is 0. The standard InChI is InChI=1S/C14H19F3N2O/c1-19-7-3-2-4-11(19)9-20-13-6-5-10(8-12(13)18)14(15,16)17/h5-6,8,11H,2-4,7,9,18H2,1H3. The zero-order chi connectivity index (χ0) is 14.8. The summed E-state index contributed by atoms with van der Waals surface area (Å²) < 4.78 is 43.2. The third kappa shape index (κ3) is 3.56. The van der Waals surface area contributed by atoms with Gasteiger partial charge in [0.15, 0.2) is 0 Å². The minimum atomic E-state index is -4.38. The lowest BCUT2D eigenvalue weighted by molar-refractivity contribution is -0.137. The summed E-state index contributed by atoms with van der Waals surface area (Å²) in [4.78, 5) is 2.21. The van der Waals surface area contributed by atoms with Gasteiger partial charge in [-0.05, 0) is 44.6 Å². The summed E-state index contributed by atoms with van der Waals surface area (Å²) in [5.41, 5.74) is 4.90. The Labute approximate surface area is 116 Å². The van der Waals surface area contributed by atoms with Crippen LogP contribution < -0.4 is 10.5 Å². The average molecular weight is 288 g/mol. The number of ether oxygens (including phenoxy) is 1. The van der Waals surface area contributed by atoms with Gasteiger partial charge in [-0.2, -0.15) is 13.2 Å². The van der Waals surface area contributed by atoms with Crippen molar-refractivity contribution in [3.8, 4) is 5.75 Å². The van der Waals surface area contributed by atoms with Crippen molar-refractivity contribution in [1.82, 2.24) is 4.90 Å². The molecule has 1 heterocycles. The molecule has 112 valence electrons. The number of alkyl halides is 3. The molecule has 1 aromatic carbocycles. The molecule has 1 saturated heterocycles. The van der Waals surface area contributed by atoms with Crippen molar-refractivity contribution in [2.24, 2.45) is 0 Å². The number of likely N-dealkylation sites (tertiary alicyclic amines) is 1. The summed E-state index contributed by atoms with van der Waals surface area (Å²) in [6.07, 6.45) is -1.01. The minimum absolute atomic E-state index is 0.0262. The second-order valence-corrected chi connectivity index (χ2v) is 5.19. The Balaban J connectivity index is 1.99. The van der Waals surface area contributed by atoms with E-state index in [0.717, 1.165) is 31.5 Å². The zero-order valence-corrected chi connectivity index (χ0v) is 11.4. The van der Waals surface area contributed by atoms with Crippen LogP contribution in [0.25, 0.3) is 0 Å². The first-order valence-corrected chi connectivity index (χ1v) is 6.67. The second kappa shape index (κ2) is 5.91. The largest absolute Gasteiger partial charge is 0.490 e. The molecular formula is C14H19F3N2O. The maximum absolute atomic E-state index is 12.5. The number of halogens is 3. The predicted octanol–water partition coefficient (Wildman–Crippen LogP) is 3.15. The van der Waals surface area contributed by atoms with E-state index in [2.05, 4.69) is 4.90 Å². The number of anilines is 1. The Bertz CT molecular complexity index is 462. The summed E-state index contributed by atoms with van der Waals surface area (Å²) in [6.45, 7) is 1.47. The quantitative estimate of drug-likeness (QED) is 0.868. The average Bonchev–Trinajstić information content (AvgIpc) is 2.38. The van der Waals surface area contributed by atoms with E-state index in [1.807, 2.05) is 7.05 Å². The number of nitrogen functional groups attached to an aromatic ring is 1. The number of nitrogens with two attached hydrogens (primary N) is 1. The molecule has 2 N–H and O–H groups in total. The molecule has 0 radical (unpaired) electrons. The summed E-state index contributed by atoms with van der Waals surface area (Å²) in [5.74, 6) is 0.317. The maximum Gasteiger partial charge on any atom is 0.416 e. The monoisotopic (exact) mass is 288 g/mol. The van der Waals surface area contributed by atoms with Crippen molar-refractivity contribution in [2.45, 2.75) is 31.5 Å². The van der Waals surface area contributed by atoms with Crippen molar-refractivity contribution in [2.75, 3.05) is 25.9 Å². The second-order valence-electron chi connectivity index (χ2n) is 5.19. The molecule has 3 nitrogen and oxygen atoms in total. The SMILES string of the molecule is CN1CCCCC1COc1ccc(C(F)(F)F)cc1N. The Morgan fingerprint density at radius 2 is 2.10 bits per heavy atom. The van der Waals surface area contributed by atoms with E-state index in [-0.39, 0.29) is 5.69 Å². The molecule has 2 rings (SSSR count). The lowest BCUT2D eigenvalue weighted by atomic mass is 10.0. The highest BCUT2D eigenvalue weighted by Crippen LogP contribution is 2.33. The molecule has 1 atom stereocenters. The van der Waals surface area contributed by atoms with E-state index in [4.69, 9.17) is 10.5 Å². The number of hydrogen-bond acceptors (Lipinski definition) is 3. The van der Waals surface area contributed by atoms with Gasteiger partial charge in [-0.1, -0.05) is 6.42 Å². The van der Waals surface area contributed by atoms with Gasteiger partial charge in [0.25, 0.3) is 0 Å². The summed E-state index contributed by atoms with van der Waals surface area (Å²) >= 11 is 0. The molecule has 0 bridgehead atoms. The van der Waals surface area contributed by atoms with E-state index in [9.17, 15) is 13.2 Å². The first-order chi connectivity index (χ1) is 9.38. The number of likely N-dealkylation sites (N-methyl/N-ethyl adjacent to an activating group) is 1. The van der Waals surface area contributed by atoms with Gasteiger partial charge in [-0.3, -0.25) is 0 Å². The van der Waals surface area contributed by atoms with Crippen molar-refractivity contribution < 1.29 is 17.9 Å². The Morgan fingerprint density at radius 1 is 1.35 bits per heavy atom. The molecule has 0 aromatic heterocycles. The normalized spacial score (nSPS) is 20.9. The predicted molar refractivity (Wildman–Crippen MR) is 71.6 cm³/mol. The van der Waals surface area contributed by atoms with Gasteiger partial charge >= 0.3 is 6.18 Å². The van der Waals surface area contributed by atoms with Gasteiger partial charge < -0.3 is 15.4 Å². The molecule has 1 aliphatic rings. The molecule has 1 aromatic rings. The van der Waals surface area contributed by atoms with Crippen LogP contribution in [-0.4, -0.2) is 31.1 Å². The van der Waals surface area contributed by atoms with E-state index in [0.29, 0.717) is 18.4 Å².